The molecule has 0 radical (unpaired) electrons. The zero-order chi connectivity index (χ0) is 23.0. The van der Waals surface area contributed by atoms with Gasteiger partial charge in [-0.25, -0.2) is 18.1 Å². The first-order chi connectivity index (χ1) is 15.9. The van der Waals surface area contributed by atoms with Crippen molar-refractivity contribution in [2.24, 2.45) is 0 Å². The Morgan fingerprint density at radius 1 is 1.00 bits per heavy atom. The lowest BCUT2D eigenvalue weighted by molar-refractivity contribution is -0.518. The van der Waals surface area contributed by atoms with Gasteiger partial charge in [0.15, 0.2) is 6.79 Å². The van der Waals surface area contributed by atoms with E-state index in [1.165, 1.54) is 10.8 Å². The molecule has 2 saturated heterocycles. The van der Waals surface area contributed by atoms with Gasteiger partial charge in [0, 0.05) is 50.5 Å². The van der Waals surface area contributed by atoms with Crippen molar-refractivity contribution in [2.45, 2.75) is 24.7 Å². The van der Waals surface area contributed by atoms with Crippen LogP contribution in [-0.4, -0.2) is 69.9 Å². The van der Waals surface area contributed by atoms with Crippen molar-refractivity contribution >= 4 is 27.3 Å². The van der Waals surface area contributed by atoms with E-state index in [4.69, 9.17) is 9.68 Å². The standard InChI is InChI=1S/C23H28N4O5S/c1-18-3-2-4-20(15-18)24-11-13-25(14-12-24)33(29,30)21-5-6-22-19(16-21)7-9-26(22)23(28)8-10-27-31-17-32-27/h2-6,15-16H,7-14,17H2,1H3. The molecule has 33 heavy (non-hydrogen) atoms. The third kappa shape index (κ3) is 4.49. The van der Waals surface area contributed by atoms with E-state index in [0.717, 1.165) is 16.9 Å². The molecule has 2 aromatic rings. The Kier molecular flexibility index (Phi) is 6.11. The summed E-state index contributed by atoms with van der Waals surface area (Å²) >= 11 is 0. The van der Waals surface area contributed by atoms with Gasteiger partial charge in [-0.3, -0.25) is 4.79 Å². The van der Waals surface area contributed by atoms with Gasteiger partial charge in [-0.2, -0.15) is 4.31 Å². The Bertz CT molecular complexity index is 1140. The first-order valence-corrected chi connectivity index (χ1v) is 12.6. The number of aryl methyl sites for hydroxylation is 1. The fourth-order valence-electron chi connectivity index (χ4n) is 4.54. The summed E-state index contributed by atoms with van der Waals surface area (Å²) in [4.78, 5) is 26.9. The maximum absolute atomic E-state index is 13.3. The lowest BCUT2D eigenvalue weighted by Crippen LogP contribution is -2.48. The van der Waals surface area contributed by atoms with Crippen molar-refractivity contribution in [1.29, 1.82) is 0 Å². The lowest BCUT2D eigenvalue weighted by atomic mass is 10.2. The Labute approximate surface area is 194 Å². The molecule has 3 heterocycles. The van der Waals surface area contributed by atoms with E-state index < -0.39 is 10.0 Å². The number of nitrogens with zero attached hydrogens (tertiary/aromatic N) is 4. The molecule has 9 nitrogen and oxygen atoms in total. The molecule has 176 valence electrons. The molecule has 0 saturated carbocycles. The van der Waals surface area contributed by atoms with E-state index in [-0.39, 0.29) is 19.1 Å². The normalized spacial score (nSPS) is 19.4. The SMILES string of the molecule is Cc1cccc(N2CCN(S(=O)(=O)c3ccc4c(c3)CCN4C(=O)CCN3OCO3)CC2)c1. The summed E-state index contributed by atoms with van der Waals surface area (Å²) in [6, 6.07) is 13.4. The van der Waals surface area contributed by atoms with Crippen LogP contribution < -0.4 is 9.80 Å². The number of carbonyl (C=O) groups excluding carboxylic acids is 1. The molecule has 0 aromatic heterocycles. The molecule has 1 amide bonds. The molecular formula is C23H28N4O5S. The molecule has 0 atom stereocenters. The number of carbonyl (C=O) groups is 1. The highest BCUT2D eigenvalue weighted by molar-refractivity contribution is 7.89. The van der Waals surface area contributed by atoms with Crippen molar-refractivity contribution in [1.82, 2.24) is 9.53 Å². The van der Waals surface area contributed by atoms with Gasteiger partial charge in [0.1, 0.15) is 0 Å². The summed E-state index contributed by atoms with van der Waals surface area (Å²) in [6.07, 6.45) is 0.910. The van der Waals surface area contributed by atoms with Gasteiger partial charge < -0.3 is 9.80 Å². The number of hydroxylamine groups is 2. The molecule has 0 unspecified atom stereocenters. The van der Waals surface area contributed by atoms with Crippen molar-refractivity contribution in [2.75, 3.05) is 55.9 Å². The molecule has 3 aliphatic rings. The van der Waals surface area contributed by atoms with E-state index in [9.17, 15) is 13.2 Å². The van der Waals surface area contributed by atoms with Crippen LogP contribution in [-0.2, 0) is 30.9 Å². The van der Waals surface area contributed by atoms with Crippen molar-refractivity contribution < 1.29 is 22.9 Å². The second kappa shape index (κ2) is 9.03. The van der Waals surface area contributed by atoms with E-state index in [2.05, 4.69) is 30.0 Å². The van der Waals surface area contributed by atoms with Gasteiger partial charge in [-0.15, -0.1) is 0 Å². The predicted octanol–water partition coefficient (Wildman–Crippen LogP) is 1.92. The van der Waals surface area contributed by atoms with Crippen LogP contribution in [0.15, 0.2) is 47.4 Å². The van der Waals surface area contributed by atoms with Crippen LogP contribution in [0.25, 0.3) is 0 Å². The molecule has 0 N–H and O–H groups in total. The summed E-state index contributed by atoms with van der Waals surface area (Å²) in [5.41, 5.74) is 3.99. The maximum Gasteiger partial charge on any atom is 0.243 e. The van der Waals surface area contributed by atoms with Crippen LogP contribution in [0.1, 0.15) is 17.5 Å². The number of amides is 1. The molecule has 5 rings (SSSR count). The van der Waals surface area contributed by atoms with Crippen molar-refractivity contribution in [3.05, 3.63) is 53.6 Å². The van der Waals surface area contributed by atoms with Crippen LogP contribution in [0.4, 0.5) is 11.4 Å². The quantitative estimate of drug-likeness (QED) is 0.635. The van der Waals surface area contributed by atoms with Crippen molar-refractivity contribution in [3.8, 4) is 0 Å². The van der Waals surface area contributed by atoms with E-state index >= 15 is 0 Å². The molecule has 10 heteroatoms. The Morgan fingerprint density at radius 2 is 1.79 bits per heavy atom. The summed E-state index contributed by atoms with van der Waals surface area (Å²) < 4.78 is 28.2. The third-order valence-electron chi connectivity index (χ3n) is 6.39. The van der Waals surface area contributed by atoms with E-state index in [0.29, 0.717) is 50.6 Å². The summed E-state index contributed by atoms with van der Waals surface area (Å²) in [5, 5.41) is 1.29. The first kappa shape index (κ1) is 22.3. The number of rotatable bonds is 6. The van der Waals surface area contributed by atoms with Gasteiger partial charge in [-0.05, 0) is 54.8 Å². The van der Waals surface area contributed by atoms with E-state index in [1.54, 1.807) is 27.4 Å². The zero-order valence-corrected chi connectivity index (χ0v) is 19.5. The number of anilines is 2. The number of piperazine rings is 1. The number of sulfonamides is 1. The minimum absolute atomic E-state index is 0.0317. The first-order valence-electron chi connectivity index (χ1n) is 11.2. The topological polar surface area (TPSA) is 82.6 Å². The van der Waals surface area contributed by atoms with Gasteiger partial charge in [-0.1, -0.05) is 17.4 Å². The van der Waals surface area contributed by atoms with Gasteiger partial charge in [0.25, 0.3) is 0 Å². The van der Waals surface area contributed by atoms with Crippen LogP contribution >= 0.6 is 0 Å². The summed E-state index contributed by atoms with van der Waals surface area (Å²) in [6.45, 7) is 5.39. The molecule has 2 aromatic carbocycles. The number of hydrogen-bond acceptors (Lipinski definition) is 7. The minimum Gasteiger partial charge on any atom is -0.369 e. The van der Waals surface area contributed by atoms with Gasteiger partial charge in [0.2, 0.25) is 15.9 Å². The Balaban J connectivity index is 1.24. The van der Waals surface area contributed by atoms with Gasteiger partial charge >= 0.3 is 0 Å². The highest BCUT2D eigenvalue weighted by Crippen LogP contribution is 2.32. The largest absolute Gasteiger partial charge is 0.369 e. The molecule has 3 aliphatic heterocycles. The number of hydrogen-bond donors (Lipinski definition) is 0. The molecule has 0 bridgehead atoms. The highest BCUT2D eigenvalue weighted by atomic mass is 32.2. The van der Waals surface area contributed by atoms with Gasteiger partial charge in [0.05, 0.1) is 11.4 Å². The predicted molar refractivity (Wildman–Crippen MR) is 123 cm³/mol. The average Bonchev–Trinajstić information content (AvgIpc) is 3.21. The fourth-order valence-corrected chi connectivity index (χ4v) is 6.01. The summed E-state index contributed by atoms with van der Waals surface area (Å²) in [7, 11) is -3.59. The number of benzene rings is 2. The minimum atomic E-state index is -3.59. The van der Waals surface area contributed by atoms with E-state index in [1.807, 2.05) is 6.07 Å². The fraction of sp³-hybridized carbons (Fsp3) is 0.435. The van der Waals surface area contributed by atoms with Crippen LogP contribution in [0.3, 0.4) is 0 Å². The summed E-state index contributed by atoms with van der Waals surface area (Å²) in [5.74, 6) is -0.0317. The second-order valence-corrected chi connectivity index (χ2v) is 10.4. The Hall–Kier alpha value is -2.50. The lowest BCUT2D eigenvalue weighted by Gasteiger charge is -2.35. The molecule has 2 fully saturated rings. The molecule has 0 spiro atoms. The molecular weight excluding hydrogens is 444 g/mol. The second-order valence-electron chi connectivity index (χ2n) is 8.50. The smallest absolute Gasteiger partial charge is 0.243 e. The highest BCUT2D eigenvalue weighted by Gasteiger charge is 2.31. The maximum atomic E-state index is 13.3. The monoisotopic (exact) mass is 472 g/mol. The third-order valence-corrected chi connectivity index (χ3v) is 8.29. The zero-order valence-electron chi connectivity index (χ0n) is 18.6. The number of fused-ring (bicyclic) bond motifs is 1. The van der Waals surface area contributed by atoms with Crippen LogP contribution in [0.2, 0.25) is 0 Å². The Morgan fingerprint density at radius 3 is 2.48 bits per heavy atom. The van der Waals surface area contributed by atoms with Crippen molar-refractivity contribution in [3.63, 3.8) is 0 Å². The van der Waals surface area contributed by atoms with Crippen LogP contribution in [0, 0.1) is 6.92 Å². The van der Waals surface area contributed by atoms with Crippen LogP contribution in [0.5, 0.6) is 0 Å². The average molecular weight is 473 g/mol. The molecule has 0 aliphatic carbocycles.